The Balaban J connectivity index is 1.80. The van der Waals surface area contributed by atoms with Gasteiger partial charge >= 0.3 is 0 Å². The number of para-hydroxylation sites is 1. The molecule has 0 atom stereocenters. The summed E-state index contributed by atoms with van der Waals surface area (Å²) in [7, 11) is 0. The fraction of sp³-hybridized carbons (Fsp3) is 0. The summed E-state index contributed by atoms with van der Waals surface area (Å²) >= 11 is 7.49. The van der Waals surface area contributed by atoms with Crippen LogP contribution in [0, 0.1) is 0 Å². The minimum absolute atomic E-state index is 0.125. The molecule has 0 spiro atoms. The van der Waals surface area contributed by atoms with Gasteiger partial charge in [0.2, 0.25) is 0 Å². The number of nitrogens with one attached hydrogen (secondary N) is 1. The van der Waals surface area contributed by atoms with Gasteiger partial charge in [-0.05, 0) is 48.2 Å². The van der Waals surface area contributed by atoms with E-state index in [2.05, 4.69) is 15.0 Å². The van der Waals surface area contributed by atoms with Crippen LogP contribution in [0.5, 0.6) is 0 Å². The molecule has 4 rings (SSSR count). The highest BCUT2D eigenvalue weighted by Crippen LogP contribution is 2.37. The van der Waals surface area contributed by atoms with Gasteiger partial charge in [0.1, 0.15) is 0 Å². The summed E-state index contributed by atoms with van der Waals surface area (Å²) in [6.07, 6.45) is 6.79. The van der Waals surface area contributed by atoms with E-state index in [0.29, 0.717) is 20.8 Å². The number of hydrogen-bond donors (Lipinski definition) is 1. The molecule has 0 aliphatic carbocycles. The second-order valence-corrected chi connectivity index (χ2v) is 6.85. The van der Waals surface area contributed by atoms with Crippen LogP contribution in [0.1, 0.15) is 5.69 Å². The highest BCUT2D eigenvalue weighted by atomic mass is 35.5. The maximum Gasteiger partial charge on any atom is 0.271 e. The zero-order chi connectivity index (χ0) is 17.9. The highest BCUT2D eigenvalue weighted by molar-refractivity contribution is 8.19. The van der Waals surface area contributed by atoms with E-state index in [-0.39, 0.29) is 5.91 Å². The van der Waals surface area contributed by atoms with Crippen LogP contribution in [0.3, 0.4) is 0 Å². The SMILES string of the molecule is O=C1/C(=C\c2ccc[nH]2)SC(=Nc2ccncc2Cl)N1c1ccccc1. The number of anilines is 1. The normalized spacial score (nSPS) is 17.4. The van der Waals surface area contributed by atoms with Crippen LogP contribution in [0.2, 0.25) is 5.02 Å². The van der Waals surface area contributed by atoms with Gasteiger partial charge in [-0.2, -0.15) is 0 Å². The van der Waals surface area contributed by atoms with Gasteiger partial charge in [0, 0.05) is 24.3 Å². The van der Waals surface area contributed by atoms with Gasteiger partial charge in [0.15, 0.2) is 5.17 Å². The second-order valence-electron chi connectivity index (χ2n) is 5.43. The lowest BCUT2D eigenvalue weighted by molar-refractivity contribution is -0.113. The third-order valence-electron chi connectivity index (χ3n) is 3.70. The maximum atomic E-state index is 13.0. The summed E-state index contributed by atoms with van der Waals surface area (Å²) in [6.45, 7) is 0. The van der Waals surface area contributed by atoms with Crippen molar-refractivity contribution in [2.75, 3.05) is 4.90 Å². The van der Waals surface area contributed by atoms with Crippen molar-refractivity contribution < 1.29 is 4.79 Å². The smallest absolute Gasteiger partial charge is 0.271 e. The molecule has 0 unspecified atom stereocenters. The van der Waals surface area contributed by atoms with Crippen LogP contribution >= 0.6 is 23.4 Å². The van der Waals surface area contributed by atoms with Crippen molar-refractivity contribution in [3.8, 4) is 0 Å². The Morgan fingerprint density at radius 2 is 2.00 bits per heavy atom. The topological polar surface area (TPSA) is 61.4 Å². The number of aromatic amines is 1. The molecule has 7 heteroatoms. The van der Waals surface area contributed by atoms with Crippen LogP contribution in [-0.2, 0) is 4.79 Å². The van der Waals surface area contributed by atoms with Crippen molar-refractivity contribution in [1.82, 2.24) is 9.97 Å². The Labute approximate surface area is 159 Å². The number of carbonyl (C=O) groups is 1. The average Bonchev–Trinajstić information content (AvgIpc) is 3.27. The third kappa shape index (κ3) is 3.29. The number of hydrogen-bond acceptors (Lipinski definition) is 4. The van der Waals surface area contributed by atoms with Crippen LogP contribution in [0.25, 0.3) is 6.08 Å². The molecule has 0 bridgehead atoms. The zero-order valence-electron chi connectivity index (χ0n) is 13.5. The van der Waals surface area contributed by atoms with Crippen molar-refractivity contribution in [3.63, 3.8) is 0 Å². The summed E-state index contributed by atoms with van der Waals surface area (Å²) in [5.74, 6) is -0.125. The van der Waals surface area contributed by atoms with Crippen molar-refractivity contribution in [2.24, 2.45) is 4.99 Å². The molecule has 3 heterocycles. The molecular formula is C19H13ClN4OS. The van der Waals surface area contributed by atoms with E-state index in [1.54, 1.807) is 17.2 Å². The van der Waals surface area contributed by atoms with E-state index in [0.717, 1.165) is 11.4 Å². The lowest BCUT2D eigenvalue weighted by Crippen LogP contribution is -2.28. The minimum Gasteiger partial charge on any atom is -0.362 e. The van der Waals surface area contributed by atoms with E-state index in [9.17, 15) is 4.79 Å². The van der Waals surface area contributed by atoms with E-state index >= 15 is 0 Å². The molecule has 2 aromatic heterocycles. The van der Waals surface area contributed by atoms with Gasteiger partial charge in [0.25, 0.3) is 5.91 Å². The molecule has 1 N–H and O–H groups in total. The molecule has 1 saturated heterocycles. The van der Waals surface area contributed by atoms with Gasteiger partial charge < -0.3 is 4.98 Å². The number of pyridine rings is 1. The third-order valence-corrected chi connectivity index (χ3v) is 4.96. The highest BCUT2D eigenvalue weighted by Gasteiger charge is 2.34. The number of thioether (sulfide) groups is 1. The first-order valence-corrected chi connectivity index (χ1v) is 9.02. The van der Waals surface area contributed by atoms with E-state index in [1.807, 2.05) is 54.7 Å². The molecule has 0 saturated carbocycles. The Morgan fingerprint density at radius 3 is 2.73 bits per heavy atom. The lowest BCUT2D eigenvalue weighted by Gasteiger charge is -2.15. The number of benzene rings is 1. The summed E-state index contributed by atoms with van der Waals surface area (Å²) < 4.78 is 0. The van der Waals surface area contributed by atoms with Crippen LogP contribution in [-0.4, -0.2) is 21.0 Å². The summed E-state index contributed by atoms with van der Waals surface area (Å²) in [4.78, 5) is 26.9. The van der Waals surface area contributed by atoms with E-state index < -0.39 is 0 Å². The fourth-order valence-electron chi connectivity index (χ4n) is 2.49. The number of amidine groups is 1. The molecule has 128 valence electrons. The molecule has 26 heavy (non-hydrogen) atoms. The zero-order valence-corrected chi connectivity index (χ0v) is 15.0. The largest absolute Gasteiger partial charge is 0.362 e. The number of aromatic nitrogens is 2. The first kappa shape index (κ1) is 16.6. The predicted octanol–water partition coefficient (Wildman–Crippen LogP) is 4.87. The summed E-state index contributed by atoms with van der Waals surface area (Å²) in [5, 5.41) is 0.981. The number of H-pyrrole nitrogens is 1. The van der Waals surface area contributed by atoms with Gasteiger partial charge in [-0.3, -0.25) is 14.7 Å². The Bertz CT molecular complexity index is 999. The van der Waals surface area contributed by atoms with E-state index in [1.165, 1.54) is 18.0 Å². The summed E-state index contributed by atoms with van der Waals surface area (Å²) in [6, 6.07) is 14.9. The molecule has 3 aromatic rings. The number of nitrogens with zero attached hydrogens (tertiary/aromatic N) is 3. The van der Waals surface area contributed by atoms with Gasteiger partial charge in [-0.25, -0.2) is 4.99 Å². The van der Waals surface area contributed by atoms with Crippen molar-refractivity contribution in [1.29, 1.82) is 0 Å². The van der Waals surface area contributed by atoms with Gasteiger partial charge in [0.05, 0.1) is 21.3 Å². The molecule has 1 amide bonds. The second kappa shape index (κ2) is 7.19. The Morgan fingerprint density at radius 1 is 1.15 bits per heavy atom. The average molecular weight is 381 g/mol. The number of halogens is 1. The standard InChI is InChI=1S/C19H13ClN4OS/c20-15-12-21-10-8-16(15)23-19-24(14-6-2-1-3-7-14)18(25)17(26-19)11-13-5-4-9-22-13/h1-12,22H/b17-11+,23-19?. The molecule has 1 aromatic carbocycles. The van der Waals surface area contributed by atoms with Gasteiger partial charge in [-0.1, -0.05) is 29.8 Å². The molecule has 5 nitrogen and oxygen atoms in total. The van der Waals surface area contributed by atoms with E-state index in [4.69, 9.17) is 11.6 Å². The van der Waals surface area contributed by atoms with Crippen molar-refractivity contribution in [2.45, 2.75) is 0 Å². The number of carbonyl (C=O) groups excluding carboxylic acids is 1. The Hall–Kier alpha value is -2.83. The molecule has 0 radical (unpaired) electrons. The number of amides is 1. The summed E-state index contributed by atoms with van der Waals surface area (Å²) in [5.41, 5.74) is 2.18. The lowest BCUT2D eigenvalue weighted by atomic mass is 10.3. The van der Waals surface area contributed by atoms with Gasteiger partial charge in [-0.15, -0.1) is 0 Å². The maximum absolute atomic E-state index is 13.0. The van der Waals surface area contributed by atoms with Crippen molar-refractivity contribution >= 4 is 51.9 Å². The number of rotatable bonds is 3. The first-order chi connectivity index (χ1) is 12.7. The molecule has 1 fully saturated rings. The molecule has 1 aliphatic rings. The van der Waals surface area contributed by atoms with Crippen LogP contribution in [0.15, 0.2) is 77.0 Å². The first-order valence-electron chi connectivity index (χ1n) is 7.83. The van der Waals surface area contributed by atoms with Crippen molar-refractivity contribution in [3.05, 3.63) is 82.7 Å². The monoisotopic (exact) mass is 380 g/mol. The molecule has 1 aliphatic heterocycles. The fourth-order valence-corrected chi connectivity index (χ4v) is 3.64. The molecular weight excluding hydrogens is 368 g/mol. The Kier molecular flexibility index (Phi) is 4.60. The predicted molar refractivity (Wildman–Crippen MR) is 107 cm³/mol. The quantitative estimate of drug-likeness (QED) is 0.659. The minimum atomic E-state index is -0.125. The van der Waals surface area contributed by atoms with Crippen LogP contribution in [0.4, 0.5) is 11.4 Å². The number of aliphatic imine (C=N–C) groups is 1. The van der Waals surface area contributed by atoms with Crippen LogP contribution < -0.4 is 4.90 Å².